The number of aryl methyl sites for hydroxylation is 1. The fourth-order valence-electron chi connectivity index (χ4n) is 1.89. The molecule has 2 heteroatoms. The highest BCUT2D eigenvalue weighted by molar-refractivity contribution is 5.84. The molecule has 0 atom stereocenters. The molecule has 2 nitrogen and oxygen atoms in total. The van der Waals surface area contributed by atoms with Gasteiger partial charge in [0.2, 0.25) is 0 Å². The van der Waals surface area contributed by atoms with E-state index in [-0.39, 0.29) is 0 Å². The number of aromatic amines is 1. The monoisotopic (exact) mass is 203 g/mol. The highest BCUT2D eigenvalue weighted by Crippen LogP contribution is 2.24. The third kappa shape index (κ3) is 1.99. The van der Waals surface area contributed by atoms with Gasteiger partial charge in [0, 0.05) is 17.1 Å². The Labute approximate surface area is 90.3 Å². The van der Waals surface area contributed by atoms with Crippen molar-refractivity contribution in [2.24, 2.45) is 0 Å². The van der Waals surface area contributed by atoms with E-state index in [1.165, 1.54) is 22.9 Å². The van der Waals surface area contributed by atoms with E-state index in [4.69, 9.17) is 4.74 Å². The van der Waals surface area contributed by atoms with Crippen molar-refractivity contribution >= 4 is 10.9 Å². The number of ether oxygens (including phenoxy) is 1. The Hall–Kier alpha value is -1.44. The molecule has 1 heterocycles. The zero-order valence-electron chi connectivity index (χ0n) is 9.34. The lowest BCUT2D eigenvalue weighted by Crippen LogP contribution is -1.90. The zero-order chi connectivity index (χ0) is 10.7. The second-order valence-corrected chi connectivity index (χ2v) is 3.70. The van der Waals surface area contributed by atoms with E-state index in [1.54, 1.807) is 0 Å². The molecular formula is C13H17NO. The molecule has 0 aliphatic carbocycles. The minimum atomic E-state index is 0.721. The van der Waals surface area contributed by atoms with E-state index in [2.05, 4.69) is 30.2 Å². The summed E-state index contributed by atoms with van der Waals surface area (Å²) in [5.74, 6) is 0.960. The first-order valence-corrected chi connectivity index (χ1v) is 5.58. The molecule has 0 amide bonds. The molecule has 80 valence electrons. The maximum Gasteiger partial charge on any atom is 0.120 e. The van der Waals surface area contributed by atoms with Crippen LogP contribution < -0.4 is 4.74 Å². The molecule has 0 aliphatic rings. The Kier molecular flexibility index (Phi) is 2.95. The largest absolute Gasteiger partial charge is 0.494 e. The molecule has 0 saturated heterocycles. The molecule has 0 aliphatic heterocycles. The average Bonchev–Trinajstić information content (AvgIpc) is 2.63. The van der Waals surface area contributed by atoms with Gasteiger partial charge in [-0.3, -0.25) is 0 Å². The predicted octanol–water partition coefficient (Wildman–Crippen LogP) is 3.52. The van der Waals surface area contributed by atoms with Gasteiger partial charge in [-0.15, -0.1) is 0 Å². The summed E-state index contributed by atoms with van der Waals surface area (Å²) >= 11 is 0. The van der Waals surface area contributed by atoms with Crippen LogP contribution in [0.3, 0.4) is 0 Å². The van der Waals surface area contributed by atoms with Gasteiger partial charge in [-0.25, -0.2) is 0 Å². The number of benzene rings is 1. The van der Waals surface area contributed by atoms with Crippen molar-refractivity contribution in [2.75, 3.05) is 6.61 Å². The number of hydrogen-bond donors (Lipinski definition) is 1. The van der Waals surface area contributed by atoms with Gasteiger partial charge < -0.3 is 9.72 Å². The maximum absolute atomic E-state index is 5.50. The van der Waals surface area contributed by atoms with Gasteiger partial charge >= 0.3 is 0 Å². The Morgan fingerprint density at radius 3 is 2.87 bits per heavy atom. The number of nitrogens with one attached hydrogen (secondary N) is 1. The predicted molar refractivity (Wildman–Crippen MR) is 63.5 cm³/mol. The van der Waals surface area contributed by atoms with Gasteiger partial charge in [0.25, 0.3) is 0 Å². The molecular weight excluding hydrogens is 186 g/mol. The third-order valence-corrected chi connectivity index (χ3v) is 2.57. The molecule has 1 aromatic carbocycles. The summed E-state index contributed by atoms with van der Waals surface area (Å²) in [6.45, 7) is 4.93. The summed E-state index contributed by atoms with van der Waals surface area (Å²) in [5.41, 5.74) is 2.58. The van der Waals surface area contributed by atoms with Crippen molar-refractivity contribution in [2.45, 2.75) is 26.7 Å². The molecule has 2 aromatic rings. The van der Waals surface area contributed by atoms with Crippen LogP contribution in [0.15, 0.2) is 24.4 Å². The van der Waals surface area contributed by atoms with Gasteiger partial charge in [0.1, 0.15) is 5.75 Å². The summed E-state index contributed by atoms with van der Waals surface area (Å²) in [5, 5.41) is 1.29. The maximum atomic E-state index is 5.50. The lowest BCUT2D eigenvalue weighted by Gasteiger charge is -2.03. The Bertz CT molecular complexity index is 445. The summed E-state index contributed by atoms with van der Waals surface area (Å²) in [6, 6.07) is 6.22. The van der Waals surface area contributed by atoms with E-state index < -0.39 is 0 Å². The number of rotatable bonds is 4. The van der Waals surface area contributed by atoms with Crippen molar-refractivity contribution < 1.29 is 4.74 Å². The minimum Gasteiger partial charge on any atom is -0.494 e. The van der Waals surface area contributed by atoms with Gasteiger partial charge in [-0.1, -0.05) is 13.3 Å². The summed E-state index contributed by atoms with van der Waals surface area (Å²) < 4.78 is 5.50. The first-order chi connectivity index (χ1) is 7.35. The van der Waals surface area contributed by atoms with E-state index in [9.17, 15) is 0 Å². The summed E-state index contributed by atoms with van der Waals surface area (Å²) in [4.78, 5) is 3.29. The van der Waals surface area contributed by atoms with Gasteiger partial charge in [0.05, 0.1) is 6.61 Å². The van der Waals surface area contributed by atoms with Crippen LogP contribution in [0.25, 0.3) is 10.9 Å². The van der Waals surface area contributed by atoms with Crippen molar-refractivity contribution in [3.8, 4) is 5.75 Å². The van der Waals surface area contributed by atoms with Crippen LogP contribution >= 0.6 is 0 Å². The summed E-state index contributed by atoms with van der Waals surface area (Å²) in [7, 11) is 0. The van der Waals surface area contributed by atoms with E-state index in [1.807, 2.05) is 13.0 Å². The zero-order valence-corrected chi connectivity index (χ0v) is 9.34. The first-order valence-electron chi connectivity index (χ1n) is 5.58. The fourth-order valence-corrected chi connectivity index (χ4v) is 1.89. The van der Waals surface area contributed by atoms with Crippen molar-refractivity contribution in [1.82, 2.24) is 4.98 Å². The second kappa shape index (κ2) is 4.39. The molecule has 0 unspecified atom stereocenters. The van der Waals surface area contributed by atoms with E-state index in [0.29, 0.717) is 0 Å². The van der Waals surface area contributed by atoms with E-state index >= 15 is 0 Å². The first kappa shape index (κ1) is 10.1. The van der Waals surface area contributed by atoms with Crippen LogP contribution in [0.2, 0.25) is 0 Å². The van der Waals surface area contributed by atoms with Gasteiger partial charge in [-0.05, 0) is 37.1 Å². The molecule has 15 heavy (non-hydrogen) atoms. The Balaban J connectivity index is 2.42. The number of fused-ring (bicyclic) bond motifs is 1. The Morgan fingerprint density at radius 1 is 1.27 bits per heavy atom. The number of H-pyrrole nitrogens is 1. The quantitative estimate of drug-likeness (QED) is 0.808. The summed E-state index contributed by atoms with van der Waals surface area (Å²) in [6.07, 6.45) is 4.39. The van der Waals surface area contributed by atoms with Crippen molar-refractivity contribution in [3.05, 3.63) is 30.0 Å². The van der Waals surface area contributed by atoms with Crippen molar-refractivity contribution in [3.63, 3.8) is 0 Å². The highest BCUT2D eigenvalue weighted by atomic mass is 16.5. The molecule has 0 fully saturated rings. The lowest BCUT2D eigenvalue weighted by atomic mass is 10.1. The second-order valence-electron chi connectivity index (χ2n) is 3.70. The molecule has 0 spiro atoms. The molecule has 1 N–H and O–H groups in total. The molecule has 0 saturated carbocycles. The van der Waals surface area contributed by atoms with Crippen LogP contribution in [-0.4, -0.2) is 11.6 Å². The smallest absolute Gasteiger partial charge is 0.120 e. The normalized spacial score (nSPS) is 10.8. The van der Waals surface area contributed by atoms with Crippen LogP contribution in [-0.2, 0) is 6.42 Å². The van der Waals surface area contributed by atoms with Crippen LogP contribution in [0.1, 0.15) is 25.8 Å². The van der Waals surface area contributed by atoms with Gasteiger partial charge in [0.15, 0.2) is 0 Å². The minimum absolute atomic E-state index is 0.721. The fraction of sp³-hybridized carbons (Fsp3) is 0.385. The highest BCUT2D eigenvalue weighted by Gasteiger charge is 2.03. The SMILES string of the molecule is CCCc1c[nH]c2ccc(OCC)cc12. The van der Waals surface area contributed by atoms with E-state index in [0.717, 1.165) is 18.8 Å². The average molecular weight is 203 g/mol. The lowest BCUT2D eigenvalue weighted by molar-refractivity contribution is 0.340. The van der Waals surface area contributed by atoms with Crippen LogP contribution in [0.5, 0.6) is 5.75 Å². The molecule has 1 aromatic heterocycles. The topological polar surface area (TPSA) is 25.0 Å². The number of hydrogen-bond acceptors (Lipinski definition) is 1. The molecule has 0 radical (unpaired) electrons. The standard InChI is InChI=1S/C13H17NO/c1-3-5-10-9-14-13-7-6-11(15-4-2)8-12(10)13/h6-9,14H,3-5H2,1-2H3. The third-order valence-electron chi connectivity index (χ3n) is 2.57. The molecule has 0 bridgehead atoms. The Morgan fingerprint density at radius 2 is 2.13 bits per heavy atom. The van der Waals surface area contributed by atoms with Gasteiger partial charge in [-0.2, -0.15) is 0 Å². The van der Waals surface area contributed by atoms with Crippen LogP contribution in [0.4, 0.5) is 0 Å². The van der Waals surface area contributed by atoms with Crippen molar-refractivity contribution in [1.29, 1.82) is 0 Å². The number of aromatic nitrogens is 1. The molecule has 2 rings (SSSR count). The van der Waals surface area contributed by atoms with Crippen LogP contribution in [0, 0.1) is 0 Å².